The van der Waals surface area contributed by atoms with Crippen molar-refractivity contribution in [1.29, 1.82) is 0 Å². The fraction of sp³-hybridized carbons (Fsp3) is 0.850. The first kappa shape index (κ1) is 16.2. The van der Waals surface area contributed by atoms with E-state index in [4.69, 9.17) is 0 Å². The van der Waals surface area contributed by atoms with Crippen molar-refractivity contribution >= 4 is 5.78 Å². The molecule has 0 aromatic carbocycles. The number of allylic oxidation sites excluding steroid dienone is 1. The number of carbonyl (C=O) groups is 1. The van der Waals surface area contributed by atoms with Gasteiger partial charge in [-0.3, -0.25) is 4.79 Å². The second kappa shape index (κ2) is 5.19. The highest BCUT2D eigenvalue weighted by Gasteiger charge is 2.55. The summed E-state index contributed by atoms with van der Waals surface area (Å²) in [4.78, 5) is 12.2. The van der Waals surface area contributed by atoms with E-state index >= 15 is 0 Å². The van der Waals surface area contributed by atoms with Gasteiger partial charge in [-0.15, -0.1) is 0 Å². The van der Waals surface area contributed by atoms with Gasteiger partial charge >= 0.3 is 0 Å². The zero-order chi connectivity index (χ0) is 16.3. The summed E-state index contributed by atoms with van der Waals surface area (Å²) in [7, 11) is 0. The van der Waals surface area contributed by atoms with Gasteiger partial charge in [-0.2, -0.15) is 0 Å². The molecule has 0 bridgehead atoms. The van der Waals surface area contributed by atoms with Crippen LogP contribution in [0.15, 0.2) is 11.1 Å². The maximum Gasteiger partial charge on any atom is 0.135 e. The van der Waals surface area contributed by atoms with E-state index in [0.29, 0.717) is 23.5 Å². The number of aliphatic hydroxyl groups excluding tert-OH is 1. The van der Waals surface area contributed by atoms with Crippen LogP contribution in [-0.4, -0.2) is 17.0 Å². The van der Waals surface area contributed by atoms with E-state index in [1.165, 1.54) is 12.0 Å². The molecular weight excluding hydrogens is 272 g/mol. The number of fused-ring (bicyclic) bond motifs is 3. The normalized spacial score (nSPS) is 48.6. The predicted molar refractivity (Wildman–Crippen MR) is 89.4 cm³/mol. The molecule has 0 spiro atoms. The third-order valence-electron chi connectivity index (χ3n) is 7.94. The van der Waals surface area contributed by atoms with Crippen molar-refractivity contribution in [1.82, 2.24) is 0 Å². The number of aliphatic hydroxyl groups is 1. The van der Waals surface area contributed by atoms with Crippen molar-refractivity contribution in [2.75, 3.05) is 0 Å². The molecule has 2 saturated carbocycles. The molecule has 0 saturated heterocycles. The zero-order valence-corrected chi connectivity index (χ0v) is 14.9. The Morgan fingerprint density at radius 2 is 1.86 bits per heavy atom. The van der Waals surface area contributed by atoms with Gasteiger partial charge in [-0.25, -0.2) is 0 Å². The van der Waals surface area contributed by atoms with Crippen LogP contribution in [-0.2, 0) is 4.79 Å². The van der Waals surface area contributed by atoms with Crippen molar-refractivity contribution in [3.05, 3.63) is 11.1 Å². The first-order chi connectivity index (χ1) is 10.2. The van der Waals surface area contributed by atoms with Gasteiger partial charge in [0.15, 0.2) is 0 Å². The molecule has 124 valence electrons. The maximum atomic E-state index is 12.2. The highest BCUT2D eigenvalue weighted by atomic mass is 16.3. The molecule has 22 heavy (non-hydrogen) atoms. The topological polar surface area (TPSA) is 37.3 Å². The number of carbonyl (C=O) groups excluding carboxylic acids is 1. The number of hydrogen-bond acceptors (Lipinski definition) is 2. The molecule has 0 heterocycles. The van der Waals surface area contributed by atoms with Crippen molar-refractivity contribution in [2.45, 2.75) is 79.2 Å². The average molecular weight is 304 g/mol. The Labute approximate surface area is 135 Å². The van der Waals surface area contributed by atoms with E-state index in [9.17, 15) is 9.90 Å². The van der Waals surface area contributed by atoms with E-state index in [1.807, 2.05) is 0 Å². The minimum Gasteiger partial charge on any atom is -0.393 e. The lowest BCUT2D eigenvalue weighted by Gasteiger charge is -2.58. The molecule has 3 rings (SSSR count). The number of hydrogen-bond donors (Lipinski definition) is 1. The van der Waals surface area contributed by atoms with Gasteiger partial charge in [-0.1, -0.05) is 31.9 Å². The molecule has 0 amide bonds. The van der Waals surface area contributed by atoms with E-state index in [0.717, 1.165) is 32.1 Å². The van der Waals surface area contributed by atoms with Gasteiger partial charge in [0, 0.05) is 5.41 Å². The molecule has 1 N–H and O–H groups in total. The summed E-state index contributed by atoms with van der Waals surface area (Å²) in [6.07, 6.45) is 6.14. The standard InChI is InChI=1S/C20H32O2/c1-12-10-16-13(2)19(4,14(3)21)9-7-17(16)20(5)8-6-15(22)11-18(12)20/h13,15-17,22H,6-11H2,1-5H3/t13-,15?,16?,17?,19?,20?/m0/s1. The van der Waals surface area contributed by atoms with Crippen molar-refractivity contribution in [3.63, 3.8) is 0 Å². The van der Waals surface area contributed by atoms with Crippen LogP contribution in [0.2, 0.25) is 0 Å². The second-order valence-electron chi connectivity index (χ2n) is 8.85. The lowest BCUT2D eigenvalue weighted by Crippen LogP contribution is -2.52. The largest absolute Gasteiger partial charge is 0.393 e. The van der Waals surface area contributed by atoms with Crippen LogP contribution in [0.5, 0.6) is 0 Å². The molecule has 3 aliphatic carbocycles. The highest BCUT2D eigenvalue weighted by molar-refractivity contribution is 5.82. The predicted octanol–water partition coefficient (Wildman–Crippen LogP) is 4.52. The summed E-state index contributed by atoms with van der Waals surface area (Å²) >= 11 is 0. The van der Waals surface area contributed by atoms with Crippen LogP contribution in [0.4, 0.5) is 0 Å². The lowest BCUT2D eigenvalue weighted by atomic mass is 9.46. The zero-order valence-electron chi connectivity index (χ0n) is 14.9. The Morgan fingerprint density at radius 1 is 1.18 bits per heavy atom. The summed E-state index contributed by atoms with van der Waals surface area (Å²) in [6, 6.07) is 0. The Kier molecular flexibility index (Phi) is 3.83. The van der Waals surface area contributed by atoms with Gasteiger partial charge in [0.05, 0.1) is 6.10 Å². The summed E-state index contributed by atoms with van der Waals surface area (Å²) in [6.45, 7) is 11.0. The summed E-state index contributed by atoms with van der Waals surface area (Å²) in [5, 5.41) is 10.1. The van der Waals surface area contributed by atoms with E-state index < -0.39 is 0 Å². The molecule has 3 aliphatic rings. The number of Topliss-reactive ketones (excluding diaryl/α,β-unsaturated/α-hetero) is 1. The first-order valence-corrected chi connectivity index (χ1v) is 9.08. The van der Waals surface area contributed by atoms with Crippen molar-refractivity contribution < 1.29 is 9.90 Å². The Balaban J connectivity index is 1.99. The third kappa shape index (κ3) is 2.13. The van der Waals surface area contributed by atoms with E-state index in [-0.39, 0.29) is 16.9 Å². The monoisotopic (exact) mass is 304 g/mol. The maximum absolute atomic E-state index is 12.2. The Morgan fingerprint density at radius 3 is 2.50 bits per heavy atom. The van der Waals surface area contributed by atoms with Crippen LogP contribution in [0.3, 0.4) is 0 Å². The SMILES string of the molecule is CC(=O)C1(C)CCC2C(CC(C)=C3CC(O)CCC32C)[C@@H]1C. The third-order valence-corrected chi connectivity index (χ3v) is 7.94. The van der Waals surface area contributed by atoms with Gasteiger partial charge in [0.25, 0.3) is 0 Å². The Bertz CT molecular complexity index is 520. The molecule has 6 atom stereocenters. The number of rotatable bonds is 1. The van der Waals surface area contributed by atoms with Crippen molar-refractivity contribution in [3.8, 4) is 0 Å². The molecular formula is C20H32O2. The second-order valence-corrected chi connectivity index (χ2v) is 8.85. The van der Waals surface area contributed by atoms with Gasteiger partial charge < -0.3 is 5.11 Å². The smallest absolute Gasteiger partial charge is 0.135 e. The van der Waals surface area contributed by atoms with Crippen molar-refractivity contribution in [2.24, 2.45) is 28.6 Å². The Hall–Kier alpha value is -0.630. The minimum absolute atomic E-state index is 0.135. The van der Waals surface area contributed by atoms with Crippen LogP contribution in [0.1, 0.15) is 73.1 Å². The molecule has 0 aliphatic heterocycles. The van der Waals surface area contributed by atoms with E-state index in [1.54, 1.807) is 12.5 Å². The van der Waals surface area contributed by atoms with Crippen LogP contribution < -0.4 is 0 Å². The molecule has 2 fully saturated rings. The fourth-order valence-electron chi connectivity index (χ4n) is 6.06. The van der Waals surface area contributed by atoms with Crippen LogP contribution in [0.25, 0.3) is 0 Å². The molecule has 0 aromatic heterocycles. The fourth-order valence-corrected chi connectivity index (χ4v) is 6.06. The quantitative estimate of drug-likeness (QED) is 0.723. The van der Waals surface area contributed by atoms with Gasteiger partial charge in [0.1, 0.15) is 5.78 Å². The number of ketones is 1. The molecule has 0 aromatic rings. The summed E-state index contributed by atoms with van der Waals surface area (Å²) in [5.74, 6) is 2.16. The molecule has 5 unspecified atom stereocenters. The molecule has 0 radical (unpaired) electrons. The highest BCUT2D eigenvalue weighted by Crippen LogP contribution is 2.62. The summed E-state index contributed by atoms with van der Waals surface area (Å²) < 4.78 is 0. The van der Waals surface area contributed by atoms with Gasteiger partial charge in [0.2, 0.25) is 0 Å². The molecule has 2 heteroatoms. The van der Waals surface area contributed by atoms with Gasteiger partial charge in [-0.05, 0) is 75.5 Å². The van der Waals surface area contributed by atoms with Crippen LogP contribution in [0, 0.1) is 28.6 Å². The van der Waals surface area contributed by atoms with E-state index in [2.05, 4.69) is 27.7 Å². The molecule has 2 nitrogen and oxygen atoms in total. The lowest BCUT2D eigenvalue weighted by molar-refractivity contribution is -0.136. The first-order valence-electron chi connectivity index (χ1n) is 9.08. The summed E-state index contributed by atoms with van der Waals surface area (Å²) in [5.41, 5.74) is 3.18. The average Bonchev–Trinajstić information content (AvgIpc) is 2.45. The minimum atomic E-state index is -0.141. The van der Waals surface area contributed by atoms with Crippen LogP contribution >= 0.6 is 0 Å².